The monoisotopic (exact) mass is 301 g/mol. The second-order valence-electron chi connectivity index (χ2n) is 5.89. The molecule has 3 nitrogen and oxygen atoms in total. The van der Waals surface area contributed by atoms with E-state index in [0.717, 1.165) is 5.56 Å². The van der Waals surface area contributed by atoms with E-state index in [1.165, 1.54) is 23.9 Å². The van der Waals surface area contributed by atoms with Gasteiger partial charge in [0.15, 0.2) is 0 Å². The zero-order valence-electron chi connectivity index (χ0n) is 12.4. The third kappa shape index (κ3) is 4.02. The number of rotatable bonds is 3. The van der Waals surface area contributed by atoms with Gasteiger partial charge in [0.1, 0.15) is 0 Å². The molecule has 2 aromatic rings. The zero-order chi connectivity index (χ0) is 15.5. The van der Waals surface area contributed by atoms with Crippen molar-refractivity contribution >= 4 is 16.2 Å². The van der Waals surface area contributed by atoms with E-state index < -0.39 is 10.0 Å². The van der Waals surface area contributed by atoms with Crippen LogP contribution in [-0.4, -0.2) is 14.6 Å². The van der Waals surface area contributed by atoms with Crippen molar-refractivity contribution < 1.29 is 8.42 Å². The minimum atomic E-state index is -3.63. The molecule has 0 fully saturated rings. The molecule has 0 aliphatic carbocycles. The Bertz CT molecular complexity index is 725. The summed E-state index contributed by atoms with van der Waals surface area (Å²) < 4.78 is 27.8. The summed E-state index contributed by atoms with van der Waals surface area (Å²) in [6, 6.07) is 16.0. The zero-order valence-corrected chi connectivity index (χ0v) is 13.3. The minimum Gasteiger partial charge on any atom is -0.199 e. The van der Waals surface area contributed by atoms with Crippen molar-refractivity contribution in [3.63, 3.8) is 0 Å². The van der Waals surface area contributed by atoms with Gasteiger partial charge in [-0.3, -0.25) is 0 Å². The second-order valence-corrected chi connectivity index (χ2v) is 7.53. The van der Waals surface area contributed by atoms with Gasteiger partial charge >= 0.3 is 0 Å². The average molecular weight is 301 g/mol. The standard InChI is InChI=1S/C17H19NO2S/c1-17(2,3)15-11-9-14(10-12-15)13-18-21(19,20)16-7-5-4-6-8-16/h4-13H,1-3H3/b18-13-. The number of hydrogen-bond acceptors (Lipinski definition) is 2. The van der Waals surface area contributed by atoms with E-state index in [9.17, 15) is 8.42 Å². The smallest absolute Gasteiger partial charge is 0.199 e. The lowest BCUT2D eigenvalue weighted by molar-refractivity contribution is 0.590. The molecule has 0 unspecified atom stereocenters. The molecule has 0 saturated carbocycles. The maximum Gasteiger partial charge on any atom is 0.282 e. The molecule has 0 bridgehead atoms. The van der Waals surface area contributed by atoms with Crippen LogP contribution in [0.1, 0.15) is 31.9 Å². The molecule has 2 aromatic carbocycles. The van der Waals surface area contributed by atoms with E-state index in [2.05, 4.69) is 25.2 Å². The van der Waals surface area contributed by atoms with Crippen LogP contribution in [0.2, 0.25) is 0 Å². The SMILES string of the molecule is CC(C)(C)c1ccc(/C=N\S(=O)(=O)c2ccccc2)cc1. The van der Waals surface area contributed by atoms with Gasteiger partial charge in [0, 0.05) is 6.21 Å². The molecule has 0 heterocycles. The fraction of sp³-hybridized carbons (Fsp3) is 0.235. The quantitative estimate of drug-likeness (QED) is 0.810. The van der Waals surface area contributed by atoms with Gasteiger partial charge in [-0.2, -0.15) is 12.8 Å². The Balaban J connectivity index is 2.22. The van der Waals surface area contributed by atoms with E-state index in [0.29, 0.717) is 0 Å². The molecule has 0 spiro atoms. The molecule has 0 atom stereocenters. The Morgan fingerprint density at radius 1 is 0.905 bits per heavy atom. The lowest BCUT2D eigenvalue weighted by Crippen LogP contribution is -2.10. The molecule has 4 heteroatoms. The first-order chi connectivity index (χ1) is 9.79. The first kappa shape index (κ1) is 15.4. The van der Waals surface area contributed by atoms with Crippen molar-refractivity contribution in [1.82, 2.24) is 0 Å². The summed E-state index contributed by atoms with van der Waals surface area (Å²) in [5.41, 5.74) is 2.04. The fourth-order valence-electron chi connectivity index (χ4n) is 1.85. The molecule has 0 N–H and O–H groups in total. The maximum atomic E-state index is 12.0. The predicted octanol–water partition coefficient (Wildman–Crippen LogP) is 3.79. The second kappa shape index (κ2) is 5.82. The summed E-state index contributed by atoms with van der Waals surface area (Å²) >= 11 is 0. The van der Waals surface area contributed by atoms with Gasteiger partial charge in [0.2, 0.25) is 0 Å². The topological polar surface area (TPSA) is 46.5 Å². The summed E-state index contributed by atoms with van der Waals surface area (Å²) in [4.78, 5) is 0.201. The normalized spacial score (nSPS) is 12.7. The Morgan fingerprint density at radius 3 is 2.00 bits per heavy atom. The third-order valence-electron chi connectivity index (χ3n) is 3.16. The molecule has 0 amide bonds. The highest BCUT2D eigenvalue weighted by Crippen LogP contribution is 2.22. The predicted molar refractivity (Wildman–Crippen MR) is 86.4 cm³/mol. The van der Waals surface area contributed by atoms with Crippen LogP contribution in [0.4, 0.5) is 0 Å². The number of hydrogen-bond donors (Lipinski definition) is 0. The van der Waals surface area contributed by atoms with Crippen LogP contribution in [0.3, 0.4) is 0 Å². The van der Waals surface area contributed by atoms with Gasteiger partial charge in [-0.15, -0.1) is 0 Å². The summed E-state index contributed by atoms with van der Waals surface area (Å²) in [7, 11) is -3.63. The lowest BCUT2D eigenvalue weighted by Gasteiger charge is -2.18. The van der Waals surface area contributed by atoms with Crippen LogP contribution in [0.15, 0.2) is 63.9 Å². The third-order valence-corrected chi connectivity index (χ3v) is 4.41. The molecular weight excluding hydrogens is 282 g/mol. The average Bonchev–Trinajstić information content (AvgIpc) is 2.46. The maximum absolute atomic E-state index is 12.0. The van der Waals surface area contributed by atoms with Crippen molar-refractivity contribution in [2.45, 2.75) is 31.1 Å². The molecule has 21 heavy (non-hydrogen) atoms. The summed E-state index contributed by atoms with van der Waals surface area (Å²) in [6.45, 7) is 6.40. The van der Waals surface area contributed by atoms with Crippen molar-refractivity contribution in [3.05, 3.63) is 65.7 Å². The molecule has 110 valence electrons. The summed E-state index contributed by atoms with van der Waals surface area (Å²) in [6.07, 6.45) is 1.38. The number of sulfonamides is 1. The van der Waals surface area contributed by atoms with Crippen LogP contribution in [0.25, 0.3) is 0 Å². The van der Waals surface area contributed by atoms with Gasteiger partial charge in [0.05, 0.1) is 4.90 Å². The van der Waals surface area contributed by atoms with E-state index in [1.54, 1.807) is 18.2 Å². The van der Waals surface area contributed by atoms with E-state index in [1.807, 2.05) is 24.3 Å². The van der Waals surface area contributed by atoms with Crippen molar-refractivity contribution in [2.75, 3.05) is 0 Å². The van der Waals surface area contributed by atoms with Crippen LogP contribution < -0.4 is 0 Å². The highest BCUT2D eigenvalue weighted by molar-refractivity contribution is 7.90. The summed E-state index contributed by atoms with van der Waals surface area (Å²) in [5, 5.41) is 0. The van der Waals surface area contributed by atoms with Crippen LogP contribution >= 0.6 is 0 Å². The van der Waals surface area contributed by atoms with Crippen molar-refractivity contribution in [2.24, 2.45) is 4.40 Å². The Hall–Kier alpha value is -1.94. The first-order valence-electron chi connectivity index (χ1n) is 6.75. The fourth-order valence-corrected chi connectivity index (χ4v) is 2.74. The lowest BCUT2D eigenvalue weighted by atomic mass is 9.87. The molecule has 0 radical (unpaired) electrons. The van der Waals surface area contributed by atoms with Gasteiger partial charge < -0.3 is 0 Å². The van der Waals surface area contributed by atoms with E-state index in [4.69, 9.17) is 0 Å². The van der Waals surface area contributed by atoms with Crippen molar-refractivity contribution in [1.29, 1.82) is 0 Å². The van der Waals surface area contributed by atoms with Crippen LogP contribution in [0.5, 0.6) is 0 Å². The van der Waals surface area contributed by atoms with Gasteiger partial charge in [-0.05, 0) is 28.7 Å². The van der Waals surface area contributed by atoms with E-state index in [-0.39, 0.29) is 10.3 Å². The van der Waals surface area contributed by atoms with Crippen LogP contribution in [-0.2, 0) is 15.4 Å². The minimum absolute atomic E-state index is 0.0752. The Labute approximate surface area is 126 Å². The first-order valence-corrected chi connectivity index (χ1v) is 8.19. The van der Waals surface area contributed by atoms with Gasteiger partial charge in [0.25, 0.3) is 10.0 Å². The van der Waals surface area contributed by atoms with Crippen LogP contribution in [0, 0.1) is 0 Å². The number of nitrogens with zero attached hydrogens (tertiary/aromatic N) is 1. The van der Waals surface area contributed by atoms with Gasteiger partial charge in [-0.1, -0.05) is 63.2 Å². The molecule has 0 aliphatic heterocycles. The summed E-state index contributed by atoms with van der Waals surface area (Å²) in [5.74, 6) is 0. The number of benzene rings is 2. The largest absolute Gasteiger partial charge is 0.282 e. The molecule has 0 aromatic heterocycles. The van der Waals surface area contributed by atoms with E-state index >= 15 is 0 Å². The van der Waals surface area contributed by atoms with Gasteiger partial charge in [-0.25, -0.2) is 0 Å². The molecule has 2 rings (SSSR count). The molecule has 0 aliphatic rings. The highest BCUT2D eigenvalue weighted by atomic mass is 32.2. The molecular formula is C17H19NO2S. The highest BCUT2D eigenvalue weighted by Gasteiger charge is 2.13. The molecule has 0 saturated heterocycles. The van der Waals surface area contributed by atoms with Crippen molar-refractivity contribution in [3.8, 4) is 0 Å². The Kier molecular flexibility index (Phi) is 4.28. The Morgan fingerprint density at radius 2 is 1.48 bits per heavy atom.